The fourth-order valence-corrected chi connectivity index (χ4v) is 2.53. The minimum atomic E-state index is -2.17. The van der Waals surface area contributed by atoms with Gasteiger partial charge in [0.2, 0.25) is 0 Å². The van der Waals surface area contributed by atoms with E-state index in [2.05, 4.69) is 10.3 Å². The fraction of sp³-hybridized carbons (Fsp3) is 0.375. The van der Waals surface area contributed by atoms with Crippen molar-refractivity contribution in [1.82, 2.24) is 9.55 Å². The van der Waals surface area contributed by atoms with Crippen molar-refractivity contribution in [2.24, 2.45) is 0 Å². The van der Waals surface area contributed by atoms with Gasteiger partial charge in [-0.25, -0.2) is 4.79 Å². The van der Waals surface area contributed by atoms with Crippen LogP contribution < -0.4 is 26.0 Å². The third kappa shape index (κ3) is 3.12. The van der Waals surface area contributed by atoms with Crippen LogP contribution >= 0.6 is 0 Å². The second kappa shape index (κ2) is 5.70. The average molecular weight is 335 g/mol. The summed E-state index contributed by atoms with van der Waals surface area (Å²) in [4.78, 5) is 26.5. The molecule has 0 bridgehead atoms. The highest BCUT2D eigenvalue weighted by Gasteiger charge is 2.36. The molecule has 2 N–H and O–H groups in total. The van der Waals surface area contributed by atoms with Crippen LogP contribution in [0.5, 0.6) is 11.5 Å². The van der Waals surface area contributed by atoms with E-state index in [1.807, 2.05) is 0 Å². The van der Waals surface area contributed by atoms with Gasteiger partial charge in [-0.2, -0.15) is 4.39 Å². The van der Waals surface area contributed by atoms with Crippen molar-refractivity contribution in [3.05, 3.63) is 50.7 Å². The first kappa shape index (κ1) is 16.1. The van der Waals surface area contributed by atoms with Gasteiger partial charge in [0, 0.05) is 25.6 Å². The molecule has 2 heterocycles. The highest BCUT2D eigenvalue weighted by Crippen LogP contribution is 2.40. The molecule has 0 radical (unpaired) electrons. The van der Waals surface area contributed by atoms with Crippen molar-refractivity contribution in [3.63, 3.8) is 0 Å². The molecule has 7 nitrogen and oxygen atoms in total. The summed E-state index contributed by atoms with van der Waals surface area (Å²) >= 11 is 0. The van der Waals surface area contributed by atoms with E-state index in [1.54, 1.807) is 32.0 Å². The topological polar surface area (TPSA) is 85.3 Å². The maximum Gasteiger partial charge on any atom is 0.404 e. The monoisotopic (exact) mass is 335 g/mol. The molecule has 1 aliphatic heterocycles. The Kier molecular flexibility index (Phi) is 3.82. The number of ether oxygens (including phenoxy) is 2. The smallest absolute Gasteiger partial charge is 0.404 e. The number of aromatic nitrogens is 2. The average Bonchev–Trinajstić information content (AvgIpc) is 2.76. The molecule has 0 saturated carbocycles. The zero-order chi connectivity index (χ0) is 17.5. The number of H-pyrrole nitrogens is 1. The SMILES string of the molecule is CC(C)n1c(=O)cc(NCc2ccc3c(c2)OC(C)(F)O3)[nH]c1=O. The van der Waals surface area contributed by atoms with Crippen LogP contribution in [-0.4, -0.2) is 15.6 Å². The molecule has 1 atom stereocenters. The van der Waals surface area contributed by atoms with Crippen molar-refractivity contribution in [1.29, 1.82) is 0 Å². The zero-order valence-electron chi connectivity index (χ0n) is 13.6. The lowest BCUT2D eigenvalue weighted by Crippen LogP contribution is -2.36. The zero-order valence-corrected chi connectivity index (χ0v) is 13.6. The Bertz CT molecular complexity index is 854. The molecular weight excluding hydrogens is 317 g/mol. The molecule has 1 aromatic heterocycles. The van der Waals surface area contributed by atoms with E-state index >= 15 is 0 Å². The number of halogens is 1. The van der Waals surface area contributed by atoms with E-state index in [-0.39, 0.29) is 11.6 Å². The lowest BCUT2D eigenvalue weighted by molar-refractivity contribution is -0.173. The molecule has 8 heteroatoms. The number of alkyl halides is 1. The lowest BCUT2D eigenvalue weighted by atomic mass is 10.2. The first-order valence-electron chi connectivity index (χ1n) is 7.55. The highest BCUT2D eigenvalue weighted by atomic mass is 19.2. The van der Waals surface area contributed by atoms with E-state index in [1.165, 1.54) is 13.0 Å². The number of rotatable bonds is 4. The molecule has 0 fully saturated rings. The second-order valence-electron chi connectivity index (χ2n) is 5.96. The molecule has 0 saturated heterocycles. The van der Waals surface area contributed by atoms with Gasteiger partial charge in [-0.1, -0.05) is 6.07 Å². The molecule has 2 aromatic rings. The standard InChI is InChI=1S/C16H18FN3O4/c1-9(2)20-14(21)7-13(19-15(20)22)18-8-10-4-5-11-12(6-10)24-16(3,17)23-11/h4-7,9,18H,8H2,1-3H3,(H,19,22). The van der Waals surface area contributed by atoms with Gasteiger partial charge in [0.1, 0.15) is 5.82 Å². The van der Waals surface area contributed by atoms with Gasteiger partial charge < -0.3 is 14.8 Å². The summed E-state index contributed by atoms with van der Waals surface area (Å²) in [5.74, 6) is 0.953. The van der Waals surface area contributed by atoms with Crippen LogP contribution in [0, 0.1) is 0 Å². The van der Waals surface area contributed by atoms with Crippen molar-refractivity contribution in [2.75, 3.05) is 5.32 Å². The Labute approximate surface area is 137 Å². The number of nitrogens with zero attached hydrogens (tertiary/aromatic N) is 1. The largest absolute Gasteiger partial charge is 0.423 e. The first-order chi connectivity index (χ1) is 11.2. The fourth-order valence-electron chi connectivity index (χ4n) is 2.53. The first-order valence-corrected chi connectivity index (χ1v) is 7.55. The van der Waals surface area contributed by atoms with Crippen LogP contribution in [0.15, 0.2) is 33.9 Å². The van der Waals surface area contributed by atoms with Gasteiger partial charge in [-0.05, 0) is 31.5 Å². The number of anilines is 1. The maximum absolute atomic E-state index is 13.6. The summed E-state index contributed by atoms with van der Waals surface area (Å²) in [5.41, 5.74) is -0.0713. The number of aromatic amines is 1. The minimum absolute atomic E-state index is 0.223. The summed E-state index contributed by atoms with van der Waals surface area (Å²) in [7, 11) is 0. The quantitative estimate of drug-likeness (QED) is 0.894. The van der Waals surface area contributed by atoms with Crippen LogP contribution in [0.2, 0.25) is 0 Å². The van der Waals surface area contributed by atoms with E-state index in [4.69, 9.17) is 9.47 Å². The van der Waals surface area contributed by atoms with Gasteiger partial charge >= 0.3 is 11.7 Å². The third-order valence-electron chi connectivity index (χ3n) is 3.56. The number of hydrogen-bond acceptors (Lipinski definition) is 5. The van der Waals surface area contributed by atoms with Gasteiger partial charge in [-0.3, -0.25) is 14.3 Å². The highest BCUT2D eigenvalue weighted by molar-refractivity contribution is 5.46. The summed E-state index contributed by atoms with van der Waals surface area (Å²) in [6.07, 6.45) is 0. The maximum atomic E-state index is 13.6. The second-order valence-corrected chi connectivity index (χ2v) is 5.96. The number of fused-ring (bicyclic) bond motifs is 1. The predicted molar refractivity (Wildman–Crippen MR) is 86.2 cm³/mol. The Balaban J connectivity index is 1.76. The van der Waals surface area contributed by atoms with Crippen LogP contribution in [0.4, 0.5) is 10.2 Å². The molecule has 128 valence electrons. The van der Waals surface area contributed by atoms with E-state index in [0.29, 0.717) is 23.9 Å². The number of nitrogens with one attached hydrogen (secondary N) is 2. The molecule has 1 unspecified atom stereocenters. The Morgan fingerprint density at radius 3 is 2.62 bits per heavy atom. The Morgan fingerprint density at radius 2 is 1.96 bits per heavy atom. The lowest BCUT2D eigenvalue weighted by Gasteiger charge is -2.11. The molecule has 0 aliphatic carbocycles. The molecule has 3 rings (SSSR count). The molecular formula is C16H18FN3O4. The normalized spacial score (nSPS) is 18.9. The summed E-state index contributed by atoms with van der Waals surface area (Å²) < 4.78 is 24.8. The van der Waals surface area contributed by atoms with Gasteiger partial charge in [0.05, 0.1) is 0 Å². The third-order valence-corrected chi connectivity index (χ3v) is 3.56. The van der Waals surface area contributed by atoms with Gasteiger partial charge in [0.25, 0.3) is 5.56 Å². The predicted octanol–water partition coefficient (Wildman–Crippen LogP) is 2.14. The van der Waals surface area contributed by atoms with Crippen molar-refractivity contribution in [3.8, 4) is 11.5 Å². The van der Waals surface area contributed by atoms with E-state index in [0.717, 1.165) is 10.1 Å². The van der Waals surface area contributed by atoms with Crippen molar-refractivity contribution >= 4 is 5.82 Å². The van der Waals surface area contributed by atoms with Crippen molar-refractivity contribution in [2.45, 2.75) is 39.4 Å². The Morgan fingerprint density at radius 1 is 1.25 bits per heavy atom. The molecule has 0 amide bonds. The minimum Gasteiger partial charge on any atom is -0.423 e. The molecule has 1 aliphatic rings. The van der Waals surface area contributed by atoms with Crippen LogP contribution in [0.3, 0.4) is 0 Å². The van der Waals surface area contributed by atoms with Gasteiger partial charge in [0.15, 0.2) is 11.5 Å². The molecule has 1 aromatic carbocycles. The summed E-state index contributed by atoms with van der Waals surface area (Å²) in [6, 6.07) is 3.93. The summed E-state index contributed by atoms with van der Waals surface area (Å²) in [5, 5.41) is 2.96. The van der Waals surface area contributed by atoms with E-state index in [9.17, 15) is 14.0 Å². The van der Waals surface area contributed by atoms with Crippen LogP contribution in [0.1, 0.15) is 32.4 Å². The summed E-state index contributed by atoms with van der Waals surface area (Å²) in [6.45, 7) is 5.02. The molecule has 24 heavy (non-hydrogen) atoms. The number of benzene rings is 1. The van der Waals surface area contributed by atoms with Crippen molar-refractivity contribution < 1.29 is 13.9 Å². The molecule has 0 spiro atoms. The number of hydrogen-bond donors (Lipinski definition) is 2. The van der Waals surface area contributed by atoms with Crippen LogP contribution in [0.25, 0.3) is 0 Å². The Hall–Kier alpha value is -2.77. The van der Waals surface area contributed by atoms with Crippen LogP contribution in [-0.2, 0) is 6.54 Å². The van der Waals surface area contributed by atoms with Gasteiger partial charge in [-0.15, -0.1) is 0 Å². The van der Waals surface area contributed by atoms with E-state index < -0.39 is 11.7 Å².